The minimum absolute atomic E-state index is 0.0853. The van der Waals surface area contributed by atoms with Crippen LogP contribution in [-0.2, 0) is 11.3 Å². The maximum absolute atomic E-state index is 13.9. The highest BCUT2D eigenvalue weighted by atomic mass is 32.2. The number of fused-ring (bicyclic) bond motifs is 1. The third kappa shape index (κ3) is 3.27. The van der Waals surface area contributed by atoms with E-state index in [1.54, 1.807) is 31.4 Å². The van der Waals surface area contributed by atoms with E-state index in [-0.39, 0.29) is 6.54 Å². The topological polar surface area (TPSA) is 46.6 Å². The van der Waals surface area contributed by atoms with Crippen LogP contribution in [-0.4, -0.2) is 23.2 Å². The van der Waals surface area contributed by atoms with E-state index in [0.29, 0.717) is 10.5 Å². The summed E-state index contributed by atoms with van der Waals surface area (Å²) in [4.78, 5) is 26.5. The maximum Gasteiger partial charge on any atom is 0.293 e. The van der Waals surface area contributed by atoms with E-state index < -0.39 is 17.0 Å². The first-order valence-electron chi connectivity index (χ1n) is 8.63. The number of amides is 2. The molecule has 1 aliphatic heterocycles. The fourth-order valence-corrected chi connectivity index (χ4v) is 4.00. The van der Waals surface area contributed by atoms with Gasteiger partial charge in [0.05, 0.1) is 18.6 Å². The van der Waals surface area contributed by atoms with Gasteiger partial charge in [-0.1, -0.05) is 48.5 Å². The average Bonchev–Trinajstić information content (AvgIpc) is 2.97. The van der Waals surface area contributed by atoms with Crippen molar-refractivity contribution in [2.45, 2.75) is 6.54 Å². The summed E-state index contributed by atoms with van der Waals surface area (Å²) >= 11 is 0.865. The van der Waals surface area contributed by atoms with E-state index in [1.807, 2.05) is 36.4 Å². The third-order valence-electron chi connectivity index (χ3n) is 4.58. The second-order valence-corrected chi connectivity index (χ2v) is 7.26. The zero-order chi connectivity index (χ0) is 19.7. The van der Waals surface area contributed by atoms with E-state index >= 15 is 0 Å². The average molecular weight is 393 g/mol. The lowest BCUT2D eigenvalue weighted by molar-refractivity contribution is -0.123. The van der Waals surface area contributed by atoms with Crippen molar-refractivity contribution in [3.8, 4) is 5.75 Å². The number of hydrogen-bond acceptors (Lipinski definition) is 4. The minimum atomic E-state index is -0.438. The van der Waals surface area contributed by atoms with Crippen LogP contribution in [0.2, 0.25) is 0 Å². The van der Waals surface area contributed by atoms with Crippen LogP contribution in [0.5, 0.6) is 5.75 Å². The summed E-state index contributed by atoms with van der Waals surface area (Å²) < 4.78 is 19.3. The molecule has 0 atom stereocenters. The quantitative estimate of drug-likeness (QED) is 0.570. The van der Waals surface area contributed by atoms with Crippen LogP contribution in [0, 0.1) is 5.82 Å². The smallest absolute Gasteiger partial charge is 0.293 e. The number of ether oxygens (including phenoxy) is 1. The molecule has 0 bridgehead atoms. The van der Waals surface area contributed by atoms with Gasteiger partial charge in [-0.15, -0.1) is 0 Å². The minimum Gasteiger partial charge on any atom is -0.496 e. The number of thioether (sulfide) groups is 1. The largest absolute Gasteiger partial charge is 0.496 e. The first-order chi connectivity index (χ1) is 13.6. The number of rotatable bonds is 4. The van der Waals surface area contributed by atoms with Gasteiger partial charge in [-0.25, -0.2) is 4.39 Å². The van der Waals surface area contributed by atoms with Crippen LogP contribution < -0.4 is 4.74 Å². The molecule has 2 amide bonds. The van der Waals surface area contributed by atoms with Crippen LogP contribution in [0.3, 0.4) is 0 Å². The highest BCUT2D eigenvalue weighted by Gasteiger charge is 2.35. The Bertz CT molecular complexity index is 1130. The monoisotopic (exact) mass is 393 g/mol. The second-order valence-electron chi connectivity index (χ2n) is 6.26. The summed E-state index contributed by atoms with van der Waals surface area (Å²) in [5.41, 5.74) is 1.12. The molecule has 0 aliphatic carbocycles. The van der Waals surface area contributed by atoms with Crippen LogP contribution >= 0.6 is 11.8 Å². The molecule has 1 saturated heterocycles. The summed E-state index contributed by atoms with van der Waals surface area (Å²) in [7, 11) is 1.61. The fourth-order valence-electron chi connectivity index (χ4n) is 3.17. The van der Waals surface area contributed by atoms with Crippen molar-refractivity contribution in [1.82, 2.24) is 4.90 Å². The number of hydrogen-bond donors (Lipinski definition) is 0. The molecule has 0 spiro atoms. The molecule has 3 aromatic rings. The van der Waals surface area contributed by atoms with E-state index in [4.69, 9.17) is 4.74 Å². The SMILES string of the molecule is COc1ccc(/C=C2\SC(=O)N(Cc3ccccc3F)C2=O)c2ccccc12. The van der Waals surface area contributed by atoms with E-state index in [9.17, 15) is 14.0 Å². The van der Waals surface area contributed by atoms with Gasteiger partial charge in [-0.2, -0.15) is 0 Å². The number of nitrogens with zero attached hydrogens (tertiary/aromatic N) is 1. The molecule has 0 aromatic heterocycles. The number of benzene rings is 3. The molecule has 0 N–H and O–H groups in total. The van der Waals surface area contributed by atoms with Gasteiger partial charge < -0.3 is 4.74 Å². The molecule has 0 saturated carbocycles. The fraction of sp³-hybridized carbons (Fsp3) is 0.0909. The first-order valence-corrected chi connectivity index (χ1v) is 9.44. The Morgan fingerprint density at radius 3 is 2.46 bits per heavy atom. The molecule has 1 fully saturated rings. The summed E-state index contributed by atoms with van der Waals surface area (Å²) in [6.45, 7) is -0.0853. The second kappa shape index (κ2) is 7.48. The number of imide groups is 1. The molecule has 3 aromatic carbocycles. The molecule has 1 heterocycles. The van der Waals surface area contributed by atoms with Gasteiger partial charge in [0.2, 0.25) is 0 Å². The lowest BCUT2D eigenvalue weighted by atomic mass is 10.0. The van der Waals surface area contributed by atoms with Crippen molar-refractivity contribution in [2.24, 2.45) is 0 Å². The molecule has 1 aliphatic rings. The number of methoxy groups -OCH3 is 1. The molecule has 4 nitrogen and oxygen atoms in total. The van der Waals surface area contributed by atoms with E-state index in [1.165, 1.54) is 6.07 Å². The molecule has 140 valence electrons. The maximum atomic E-state index is 13.9. The molecule has 0 unspecified atom stereocenters. The van der Waals surface area contributed by atoms with Crippen molar-refractivity contribution in [3.63, 3.8) is 0 Å². The molecule has 4 rings (SSSR count). The van der Waals surface area contributed by atoms with Crippen LogP contribution in [0.15, 0.2) is 65.6 Å². The van der Waals surface area contributed by atoms with Gasteiger partial charge in [0.15, 0.2) is 0 Å². The van der Waals surface area contributed by atoms with E-state index in [2.05, 4.69) is 0 Å². The van der Waals surface area contributed by atoms with Crippen molar-refractivity contribution in [1.29, 1.82) is 0 Å². The summed E-state index contributed by atoms with van der Waals surface area (Å²) in [6.07, 6.45) is 1.70. The summed E-state index contributed by atoms with van der Waals surface area (Å²) in [5.74, 6) is -0.120. The zero-order valence-electron chi connectivity index (χ0n) is 15.0. The van der Waals surface area contributed by atoms with Gasteiger partial charge in [-0.05, 0) is 40.9 Å². The molecular formula is C22H16FNO3S. The predicted molar refractivity (Wildman–Crippen MR) is 108 cm³/mol. The Hall–Kier alpha value is -3.12. The van der Waals surface area contributed by atoms with Gasteiger partial charge in [0, 0.05) is 10.9 Å². The standard InChI is InChI=1S/C22H16FNO3S/c1-27-19-11-10-14(16-7-3-4-8-17(16)19)12-20-21(25)24(22(26)28-20)13-15-6-2-5-9-18(15)23/h2-12H,13H2,1H3/b20-12-. The number of carbonyl (C=O) groups is 2. The van der Waals surface area contributed by atoms with Crippen LogP contribution in [0.1, 0.15) is 11.1 Å². The Kier molecular flexibility index (Phi) is 4.88. The van der Waals surface area contributed by atoms with Crippen LogP contribution in [0.25, 0.3) is 16.8 Å². The Morgan fingerprint density at radius 2 is 1.71 bits per heavy atom. The van der Waals surface area contributed by atoms with E-state index in [0.717, 1.165) is 38.7 Å². The number of halogens is 1. The predicted octanol–water partition coefficient (Wildman–Crippen LogP) is 5.22. The van der Waals surface area contributed by atoms with Gasteiger partial charge >= 0.3 is 0 Å². The Labute approximate surface area is 165 Å². The highest BCUT2D eigenvalue weighted by molar-refractivity contribution is 8.18. The van der Waals surface area contributed by atoms with Gasteiger partial charge in [-0.3, -0.25) is 14.5 Å². The third-order valence-corrected chi connectivity index (χ3v) is 5.49. The summed E-state index contributed by atoms with van der Waals surface area (Å²) in [5, 5.41) is 1.43. The molecule has 28 heavy (non-hydrogen) atoms. The van der Waals surface area contributed by atoms with Crippen molar-refractivity contribution in [2.75, 3.05) is 7.11 Å². The van der Waals surface area contributed by atoms with Crippen molar-refractivity contribution < 1.29 is 18.7 Å². The molecule has 0 radical (unpaired) electrons. The Balaban J connectivity index is 1.68. The normalized spacial score (nSPS) is 15.6. The summed E-state index contributed by atoms with van der Waals surface area (Å²) in [6, 6.07) is 17.5. The molecule has 6 heteroatoms. The molecular weight excluding hydrogens is 377 g/mol. The first kappa shape index (κ1) is 18.3. The van der Waals surface area contributed by atoms with Gasteiger partial charge in [0.25, 0.3) is 11.1 Å². The Morgan fingerprint density at radius 1 is 1.00 bits per heavy atom. The number of carbonyl (C=O) groups excluding carboxylic acids is 2. The van der Waals surface area contributed by atoms with Crippen molar-refractivity contribution >= 4 is 39.8 Å². The highest BCUT2D eigenvalue weighted by Crippen LogP contribution is 2.36. The lowest BCUT2D eigenvalue weighted by Gasteiger charge is -2.13. The van der Waals surface area contributed by atoms with Crippen LogP contribution in [0.4, 0.5) is 9.18 Å². The lowest BCUT2D eigenvalue weighted by Crippen LogP contribution is -2.27. The van der Waals surface area contributed by atoms with Crippen molar-refractivity contribution in [3.05, 3.63) is 82.5 Å². The van der Waals surface area contributed by atoms with Gasteiger partial charge in [0.1, 0.15) is 11.6 Å². The zero-order valence-corrected chi connectivity index (χ0v) is 15.8.